The molecule has 0 aliphatic heterocycles. The van der Waals surface area contributed by atoms with Gasteiger partial charge < -0.3 is 10.4 Å². The first-order valence-electron chi connectivity index (χ1n) is 6.11. The average molecular weight is 263 g/mol. The molecule has 4 heteroatoms. The molecule has 1 amide bonds. The van der Waals surface area contributed by atoms with E-state index in [-0.39, 0.29) is 18.2 Å². The average Bonchev–Trinajstić information content (AvgIpc) is 2.39. The summed E-state index contributed by atoms with van der Waals surface area (Å²) in [5, 5.41) is 11.1. The first kappa shape index (κ1) is 15.2. The molecule has 0 aliphatic rings. The van der Waals surface area contributed by atoms with Gasteiger partial charge in [-0.3, -0.25) is 4.79 Å². The van der Waals surface area contributed by atoms with E-state index >= 15 is 0 Å². The summed E-state index contributed by atoms with van der Waals surface area (Å²) in [4.78, 5) is 11.9. The molecule has 0 fully saturated rings. The number of anilines is 1. The molecule has 0 saturated heterocycles. The van der Waals surface area contributed by atoms with Crippen molar-refractivity contribution in [1.82, 2.24) is 0 Å². The Morgan fingerprint density at radius 1 is 1.47 bits per heavy atom. The van der Waals surface area contributed by atoms with E-state index in [1.807, 2.05) is 6.92 Å². The van der Waals surface area contributed by atoms with Gasteiger partial charge >= 0.3 is 0 Å². The summed E-state index contributed by atoms with van der Waals surface area (Å²) in [5.41, 5.74) is 0.0577. The van der Waals surface area contributed by atoms with E-state index in [0.29, 0.717) is 12.0 Å². The largest absolute Gasteiger partial charge is 0.384 e. The van der Waals surface area contributed by atoms with E-state index in [1.54, 1.807) is 19.9 Å². The number of rotatable bonds is 3. The molecule has 0 aromatic heterocycles. The molecule has 1 rings (SSSR count). The van der Waals surface area contributed by atoms with Crippen LogP contribution in [0.5, 0.6) is 0 Å². The molecule has 2 N–H and O–H groups in total. The lowest BCUT2D eigenvalue weighted by Gasteiger charge is -2.21. The highest BCUT2D eigenvalue weighted by Gasteiger charge is 2.25. The second-order valence-electron chi connectivity index (χ2n) is 4.85. The minimum atomic E-state index is -0.540. The van der Waals surface area contributed by atoms with Crippen LogP contribution in [0, 0.1) is 23.1 Å². The zero-order valence-corrected chi connectivity index (χ0v) is 11.4. The van der Waals surface area contributed by atoms with Crippen LogP contribution in [0.3, 0.4) is 0 Å². The fraction of sp³-hybridized carbons (Fsp3) is 0.400. The van der Waals surface area contributed by atoms with Crippen LogP contribution in [0.1, 0.15) is 32.8 Å². The van der Waals surface area contributed by atoms with Gasteiger partial charge in [-0.15, -0.1) is 0 Å². The molecular weight excluding hydrogens is 245 g/mol. The minimum absolute atomic E-state index is 0.140. The van der Waals surface area contributed by atoms with Crippen LogP contribution in [0.2, 0.25) is 0 Å². The molecule has 3 nitrogen and oxygen atoms in total. The summed E-state index contributed by atoms with van der Waals surface area (Å²) in [6.07, 6.45) is 0.667. The first-order chi connectivity index (χ1) is 8.90. The molecule has 102 valence electrons. The van der Waals surface area contributed by atoms with Gasteiger partial charge in [-0.1, -0.05) is 32.6 Å². The second kappa shape index (κ2) is 6.35. The Hall–Kier alpha value is -1.86. The quantitative estimate of drug-likeness (QED) is 0.823. The summed E-state index contributed by atoms with van der Waals surface area (Å²) in [6, 6.07) is 4.30. The third kappa shape index (κ3) is 4.08. The van der Waals surface area contributed by atoms with E-state index in [9.17, 15) is 9.18 Å². The van der Waals surface area contributed by atoms with Crippen LogP contribution >= 0.6 is 0 Å². The fourth-order valence-electron chi connectivity index (χ4n) is 1.29. The maximum absolute atomic E-state index is 13.8. The van der Waals surface area contributed by atoms with Gasteiger partial charge in [0.15, 0.2) is 0 Å². The Kier molecular flexibility index (Phi) is 5.08. The number of benzene rings is 1. The molecule has 0 aliphatic carbocycles. The van der Waals surface area contributed by atoms with Crippen molar-refractivity contribution < 1.29 is 14.3 Å². The highest BCUT2D eigenvalue weighted by molar-refractivity contribution is 5.94. The zero-order chi connectivity index (χ0) is 14.5. The fourth-order valence-corrected chi connectivity index (χ4v) is 1.29. The Labute approximate surface area is 112 Å². The molecule has 0 heterocycles. The topological polar surface area (TPSA) is 49.3 Å². The monoisotopic (exact) mass is 263 g/mol. The molecule has 0 atom stereocenters. The molecule has 0 saturated carbocycles. The molecule has 1 aromatic rings. The summed E-state index contributed by atoms with van der Waals surface area (Å²) in [7, 11) is 0. The van der Waals surface area contributed by atoms with Gasteiger partial charge in [-0.2, -0.15) is 0 Å². The van der Waals surface area contributed by atoms with Crippen molar-refractivity contribution in [2.24, 2.45) is 5.41 Å². The normalized spacial score (nSPS) is 10.6. The highest BCUT2D eigenvalue weighted by Crippen LogP contribution is 2.23. The SMILES string of the molecule is CCC(C)(C)C(=O)Nc1ccc(C#CCO)cc1F. The number of carbonyl (C=O) groups is 1. The number of amides is 1. The van der Waals surface area contributed by atoms with Crippen molar-refractivity contribution in [3.8, 4) is 11.8 Å². The Morgan fingerprint density at radius 3 is 2.68 bits per heavy atom. The van der Waals surface area contributed by atoms with E-state index < -0.39 is 11.2 Å². The van der Waals surface area contributed by atoms with Gasteiger partial charge in [-0.25, -0.2) is 4.39 Å². The smallest absolute Gasteiger partial charge is 0.230 e. The van der Waals surface area contributed by atoms with Crippen molar-refractivity contribution in [2.75, 3.05) is 11.9 Å². The third-order valence-electron chi connectivity index (χ3n) is 3.03. The van der Waals surface area contributed by atoms with Crippen LogP contribution in [0.25, 0.3) is 0 Å². The van der Waals surface area contributed by atoms with Crippen molar-refractivity contribution in [2.45, 2.75) is 27.2 Å². The van der Waals surface area contributed by atoms with E-state index in [0.717, 1.165) is 0 Å². The molecular formula is C15H18FNO2. The van der Waals surface area contributed by atoms with Gasteiger partial charge in [0.05, 0.1) is 5.69 Å². The van der Waals surface area contributed by atoms with Crippen LogP contribution in [-0.2, 0) is 4.79 Å². The molecule has 0 bridgehead atoms. The van der Waals surface area contributed by atoms with Gasteiger partial charge in [-0.05, 0) is 24.6 Å². The number of hydrogen-bond acceptors (Lipinski definition) is 2. The molecule has 0 radical (unpaired) electrons. The van der Waals surface area contributed by atoms with Gasteiger partial charge in [0.25, 0.3) is 0 Å². The van der Waals surface area contributed by atoms with Crippen LogP contribution in [0.15, 0.2) is 18.2 Å². The number of halogens is 1. The maximum atomic E-state index is 13.8. The minimum Gasteiger partial charge on any atom is -0.384 e. The first-order valence-corrected chi connectivity index (χ1v) is 6.11. The standard InChI is InChI=1S/C15H18FNO2/c1-4-15(2,3)14(19)17-13-8-7-11(6-5-9-18)10-12(13)16/h7-8,10,18H,4,9H2,1-3H3,(H,17,19). The van der Waals surface area contributed by atoms with Gasteiger partial charge in [0.1, 0.15) is 12.4 Å². The van der Waals surface area contributed by atoms with Crippen LogP contribution in [-0.4, -0.2) is 17.6 Å². The molecule has 0 unspecified atom stereocenters. The summed E-state index contributed by atoms with van der Waals surface area (Å²) in [6.45, 7) is 5.25. The molecule has 19 heavy (non-hydrogen) atoms. The Balaban J connectivity index is 2.89. The Morgan fingerprint density at radius 2 is 2.16 bits per heavy atom. The predicted molar refractivity (Wildman–Crippen MR) is 73.1 cm³/mol. The van der Waals surface area contributed by atoms with E-state index in [2.05, 4.69) is 17.2 Å². The highest BCUT2D eigenvalue weighted by atomic mass is 19.1. The second-order valence-corrected chi connectivity index (χ2v) is 4.85. The van der Waals surface area contributed by atoms with E-state index in [4.69, 9.17) is 5.11 Å². The van der Waals surface area contributed by atoms with Crippen molar-refractivity contribution >= 4 is 11.6 Å². The number of nitrogens with one attached hydrogen (secondary N) is 1. The van der Waals surface area contributed by atoms with Crippen LogP contribution in [0.4, 0.5) is 10.1 Å². The Bertz CT molecular complexity index is 527. The predicted octanol–water partition coefficient (Wildman–Crippen LogP) is 2.54. The lowest BCUT2D eigenvalue weighted by molar-refractivity contribution is -0.124. The number of aliphatic hydroxyl groups is 1. The lowest BCUT2D eigenvalue weighted by Crippen LogP contribution is -2.30. The summed E-state index contributed by atoms with van der Waals surface area (Å²) < 4.78 is 13.8. The molecule has 0 spiro atoms. The number of hydrogen-bond donors (Lipinski definition) is 2. The van der Waals surface area contributed by atoms with Crippen molar-refractivity contribution in [3.05, 3.63) is 29.6 Å². The lowest BCUT2D eigenvalue weighted by atomic mass is 9.89. The van der Waals surface area contributed by atoms with E-state index in [1.165, 1.54) is 12.1 Å². The van der Waals surface area contributed by atoms with Crippen molar-refractivity contribution in [3.63, 3.8) is 0 Å². The van der Waals surface area contributed by atoms with Crippen molar-refractivity contribution in [1.29, 1.82) is 0 Å². The van der Waals surface area contributed by atoms with Crippen LogP contribution < -0.4 is 5.32 Å². The molecule has 1 aromatic carbocycles. The zero-order valence-electron chi connectivity index (χ0n) is 11.4. The third-order valence-corrected chi connectivity index (χ3v) is 3.03. The summed E-state index contributed by atoms with van der Waals surface area (Å²) in [5.74, 6) is 4.28. The number of aliphatic hydroxyl groups excluding tert-OH is 1. The van der Waals surface area contributed by atoms with Gasteiger partial charge in [0, 0.05) is 11.0 Å². The summed E-state index contributed by atoms with van der Waals surface area (Å²) >= 11 is 0. The van der Waals surface area contributed by atoms with Gasteiger partial charge in [0.2, 0.25) is 5.91 Å². The maximum Gasteiger partial charge on any atom is 0.230 e. The number of carbonyl (C=O) groups excluding carboxylic acids is 1.